The number of guanidine groups is 1. The number of ether oxygens (including phenoxy) is 1. The van der Waals surface area contributed by atoms with Gasteiger partial charge >= 0.3 is 6.09 Å². The number of nitrogens with one attached hydrogen (secondary N) is 1. The van der Waals surface area contributed by atoms with Crippen molar-refractivity contribution in [1.29, 1.82) is 0 Å². The second-order valence-corrected chi connectivity index (χ2v) is 10.1. The summed E-state index contributed by atoms with van der Waals surface area (Å²) in [4.78, 5) is 28.2. The molecule has 1 aliphatic heterocycles. The van der Waals surface area contributed by atoms with Gasteiger partial charge in [0.25, 0.3) is 0 Å². The third-order valence-electron chi connectivity index (χ3n) is 5.92. The number of pyridine rings is 1. The van der Waals surface area contributed by atoms with Crippen molar-refractivity contribution >= 4 is 41.8 Å². The number of carbonyl (C=O) groups excluding carboxylic acids is 1. The number of piperidine rings is 1. The fourth-order valence-corrected chi connectivity index (χ4v) is 4.14. The number of likely N-dealkylation sites (tertiary alicyclic amines) is 1. The normalized spacial score (nSPS) is 17.3. The number of hydrogen-bond donors (Lipinski definition) is 1. The highest BCUT2D eigenvalue weighted by molar-refractivity contribution is 14.0. The Labute approximate surface area is 216 Å². The van der Waals surface area contributed by atoms with E-state index in [2.05, 4.69) is 26.3 Å². The molecule has 0 radical (unpaired) electrons. The first-order valence-electron chi connectivity index (χ1n) is 11.7. The maximum absolute atomic E-state index is 12.9. The number of amides is 1. The molecule has 1 aromatic heterocycles. The Morgan fingerprint density at radius 1 is 1.24 bits per heavy atom. The van der Waals surface area contributed by atoms with E-state index in [1.54, 1.807) is 0 Å². The van der Waals surface area contributed by atoms with Crippen molar-refractivity contribution in [1.82, 2.24) is 20.1 Å². The van der Waals surface area contributed by atoms with Gasteiger partial charge in [0.15, 0.2) is 5.96 Å². The highest BCUT2D eigenvalue weighted by Crippen LogP contribution is 2.32. The van der Waals surface area contributed by atoms with Crippen molar-refractivity contribution in [2.45, 2.75) is 64.6 Å². The Hall–Kier alpha value is -1.78. The number of halogens is 1. The van der Waals surface area contributed by atoms with Crippen LogP contribution in [0.25, 0.3) is 0 Å². The van der Waals surface area contributed by atoms with Crippen LogP contribution in [0.1, 0.15) is 52.0 Å². The monoisotopic (exact) mass is 572 g/mol. The largest absolute Gasteiger partial charge is 0.444 e. The lowest BCUT2D eigenvalue weighted by atomic mass is 10.0. The molecule has 33 heavy (non-hydrogen) atoms. The summed E-state index contributed by atoms with van der Waals surface area (Å²) in [7, 11) is 5.83. The van der Waals surface area contributed by atoms with Crippen LogP contribution in [0.15, 0.2) is 23.3 Å². The lowest BCUT2D eigenvalue weighted by molar-refractivity contribution is 0.00928. The van der Waals surface area contributed by atoms with Crippen LogP contribution < -0.4 is 10.2 Å². The van der Waals surface area contributed by atoms with Gasteiger partial charge in [0.1, 0.15) is 11.4 Å². The lowest BCUT2D eigenvalue weighted by Gasteiger charge is -2.40. The molecule has 1 saturated heterocycles. The Kier molecular flexibility index (Phi) is 10.1. The quantitative estimate of drug-likeness (QED) is 0.316. The third kappa shape index (κ3) is 8.19. The van der Waals surface area contributed by atoms with Crippen LogP contribution in [-0.2, 0) is 11.3 Å². The van der Waals surface area contributed by atoms with Gasteiger partial charge in [-0.2, -0.15) is 0 Å². The molecule has 2 aliphatic rings. The maximum Gasteiger partial charge on any atom is 0.410 e. The minimum atomic E-state index is -0.469. The van der Waals surface area contributed by atoms with E-state index in [9.17, 15) is 4.79 Å². The molecular weight excluding hydrogens is 531 g/mol. The smallest absolute Gasteiger partial charge is 0.410 e. The summed E-state index contributed by atoms with van der Waals surface area (Å²) in [5, 5.41) is 3.49. The molecule has 3 rings (SSSR count). The summed E-state index contributed by atoms with van der Waals surface area (Å²) < 4.78 is 5.72. The van der Waals surface area contributed by atoms with E-state index in [1.807, 2.05) is 64.0 Å². The van der Waals surface area contributed by atoms with Crippen molar-refractivity contribution in [3.63, 3.8) is 0 Å². The summed E-state index contributed by atoms with van der Waals surface area (Å²) in [6, 6.07) is 4.27. The molecule has 1 N–H and O–H groups in total. The van der Waals surface area contributed by atoms with E-state index in [4.69, 9.17) is 4.74 Å². The highest BCUT2D eigenvalue weighted by Gasteiger charge is 2.35. The Morgan fingerprint density at radius 3 is 2.45 bits per heavy atom. The average Bonchev–Trinajstić information content (AvgIpc) is 3.56. The third-order valence-corrected chi connectivity index (χ3v) is 5.92. The first kappa shape index (κ1) is 27.5. The van der Waals surface area contributed by atoms with E-state index in [-0.39, 0.29) is 36.1 Å². The van der Waals surface area contributed by atoms with Gasteiger partial charge in [-0.1, -0.05) is 6.07 Å². The van der Waals surface area contributed by atoms with Crippen LogP contribution in [-0.4, -0.2) is 79.3 Å². The van der Waals surface area contributed by atoms with Crippen molar-refractivity contribution in [3.05, 3.63) is 23.9 Å². The number of nitrogens with zero attached hydrogens (tertiary/aromatic N) is 5. The predicted molar refractivity (Wildman–Crippen MR) is 144 cm³/mol. The Bertz CT molecular complexity index is 798. The standard InChI is InChI=1S/C24H40N6O2.HI/c1-24(2,3)32-23(31)30(17-18-9-10-18)20-11-14-29(15-12-20)22(25-4)27-16-19-8-7-13-26-21(19)28(5)6;/h7-8,13,18,20H,9-12,14-17H2,1-6H3,(H,25,27);1H. The molecule has 8 nitrogen and oxygen atoms in total. The van der Waals surface area contributed by atoms with Crippen LogP contribution in [0.5, 0.6) is 0 Å². The minimum absolute atomic E-state index is 0. The van der Waals surface area contributed by atoms with Gasteiger partial charge in [-0.3, -0.25) is 4.99 Å². The number of aliphatic imine (C=N–C) groups is 1. The molecule has 2 heterocycles. The molecule has 1 saturated carbocycles. The second kappa shape index (κ2) is 12.1. The Balaban J connectivity index is 0.00000385. The molecule has 186 valence electrons. The highest BCUT2D eigenvalue weighted by atomic mass is 127. The van der Waals surface area contributed by atoms with E-state index < -0.39 is 5.60 Å². The molecular formula is C24H41IN6O2. The lowest BCUT2D eigenvalue weighted by Crippen LogP contribution is -2.52. The molecule has 0 atom stereocenters. The summed E-state index contributed by atoms with van der Waals surface area (Å²) in [6.45, 7) is 9.01. The van der Waals surface area contributed by atoms with Crippen molar-refractivity contribution in [2.75, 3.05) is 45.7 Å². The van der Waals surface area contributed by atoms with Gasteiger partial charge in [0.05, 0.1) is 0 Å². The number of rotatable bonds is 6. The first-order chi connectivity index (χ1) is 15.2. The molecule has 0 bridgehead atoms. The predicted octanol–water partition coefficient (Wildman–Crippen LogP) is 3.95. The zero-order valence-corrected chi connectivity index (χ0v) is 23.3. The van der Waals surface area contributed by atoms with Crippen molar-refractivity contribution in [2.24, 2.45) is 10.9 Å². The van der Waals surface area contributed by atoms with E-state index in [0.29, 0.717) is 12.5 Å². The number of anilines is 1. The first-order valence-corrected chi connectivity index (χ1v) is 11.7. The average molecular weight is 573 g/mol. The van der Waals surface area contributed by atoms with E-state index >= 15 is 0 Å². The minimum Gasteiger partial charge on any atom is -0.444 e. The molecule has 2 fully saturated rings. The van der Waals surface area contributed by atoms with Gasteiger partial charge in [-0.05, 0) is 58.4 Å². The van der Waals surface area contributed by atoms with E-state index in [1.165, 1.54) is 12.8 Å². The number of carbonyl (C=O) groups is 1. The summed E-state index contributed by atoms with van der Waals surface area (Å²) >= 11 is 0. The van der Waals surface area contributed by atoms with Gasteiger partial charge in [0.2, 0.25) is 0 Å². The zero-order chi connectivity index (χ0) is 23.3. The van der Waals surface area contributed by atoms with Crippen LogP contribution in [0.2, 0.25) is 0 Å². The van der Waals surface area contributed by atoms with Crippen LogP contribution in [0, 0.1) is 5.92 Å². The van der Waals surface area contributed by atoms with Gasteiger partial charge in [0, 0.05) is 65.1 Å². The number of hydrogen-bond acceptors (Lipinski definition) is 5. The maximum atomic E-state index is 12.9. The molecule has 9 heteroatoms. The van der Waals surface area contributed by atoms with Crippen molar-refractivity contribution in [3.8, 4) is 0 Å². The topological polar surface area (TPSA) is 73.3 Å². The van der Waals surface area contributed by atoms with Gasteiger partial charge in [-0.15, -0.1) is 24.0 Å². The molecule has 0 spiro atoms. The summed E-state index contributed by atoms with van der Waals surface area (Å²) in [5.41, 5.74) is 0.664. The molecule has 1 amide bonds. The van der Waals surface area contributed by atoms with Gasteiger partial charge < -0.3 is 24.8 Å². The SMILES string of the molecule is CN=C(NCc1cccnc1N(C)C)N1CCC(N(CC2CC2)C(=O)OC(C)(C)C)CC1.I. The van der Waals surface area contributed by atoms with Crippen molar-refractivity contribution < 1.29 is 9.53 Å². The molecule has 1 aliphatic carbocycles. The van der Waals surface area contributed by atoms with Gasteiger partial charge in [-0.25, -0.2) is 9.78 Å². The summed E-state index contributed by atoms with van der Waals surface area (Å²) in [6.07, 6.45) is 5.93. The fraction of sp³-hybridized carbons (Fsp3) is 0.708. The van der Waals surface area contributed by atoms with Crippen LogP contribution >= 0.6 is 24.0 Å². The molecule has 0 aromatic carbocycles. The zero-order valence-electron chi connectivity index (χ0n) is 21.0. The van der Waals surface area contributed by atoms with Crippen LogP contribution in [0.3, 0.4) is 0 Å². The molecule has 0 unspecified atom stereocenters. The van der Waals surface area contributed by atoms with Crippen LogP contribution in [0.4, 0.5) is 10.6 Å². The Morgan fingerprint density at radius 2 is 1.91 bits per heavy atom. The second-order valence-electron chi connectivity index (χ2n) is 10.1. The fourth-order valence-electron chi connectivity index (χ4n) is 4.14. The number of aromatic nitrogens is 1. The van der Waals surface area contributed by atoms with E-state index in [0.717, 1.165) is 49.8 Å². The molecule has 1 aromatic rings. The summed E-state index contributed by atoms with van der Waals surface area (Å²) in [5.74, 6) is 2.49.